The van der Waals surface area contributed by atoms with Gasteiger partial charge in [-0.25, -0.2) is 0 Å². The van der Waals surface area contributed by atoms with Gasteiger partial charge in [-0.05, 0) is 48.1 Å². The van der Waals surface area contributed by atoms with Crippen molar-refractivity contribution < 1.29 is 14.3 Å². The van der Waals surface area contributed by atoms with Crippen molar-refractivity contribution >= 4 is 11.6 Å². The Balaban J connectivity index is 1.36. The molecule has 1 atom stereocenters. The van der Waals surface area contributed by atoms with Gasteiger partial charge in [-0.15, -0.1) is 0 Å². The third kappa shape index (κ3) is 4.15. The molecule has 142 valence electrons. The summed E-state index contributed by atoms with van der Waals surface area (Å²) in [5.74, 6) is 1.87. The average molecular weight is 367 g/mol. The van der Waals surface area contributed by atoms with Gasteiger partial charge in [-0.3, -0.25) is 9.78 Å². The molecule has 2 aromatic rings. The molecule has 0 saturated carbocycles. The summed E-state index contributed by atoms with van der Waals surface area (Å²) in [6, 6.07) is 10.0. The SMILES string of the molecule is C[C@]1(Cc2ccc3c(c2)OCO3)CCC(=O)N(CCNc2cccnc2)C1. The zero-order valence-electron chi connectivity index (χ0n) is 15.6. The van der Waals surface area contributed by atoms with Crippen LogP contribution in [0.2, 0.25) is 0 Å². The molecule has 0 radical (unpaired) electrons. The molecular weight excluding hydrogens is 342 g/mol. The highest BCUT2D eigenvalue weighted by molar-refractivity contribution is 5.77. The smallest absolute Gasteiger partial charge is 0.231 e. The summed E-state index contributed by atoms with van der Waals surface area (Å²) < 4.78 is 10.9. The Morgan fingerprint density at radius 3 is 3.00 bits per heavy atom. The first-order valence-electron chi connectivity index (χ1n) is 9.42. The number of hydrogen-bond acceptors (Lipinski definition) is 5. The molecule has 4 rings (SSSR count). The number of carbonyl (C=O) groups excluding carboxylic acids is 1. The van der Waals surface area contributed by atoms with Gasteiger partial charge in [0.2, 0.25) is 12.7 Å². The minimum absolute atomic E-state index is 0.0654. The van der Waals surface area contributed by atoms with Crippen molar-refractivity contribution in [2.45, 2.75) is 26.2 Å². The summed E-state index contributed by atoms with van der Waals surface area (Å²) in [5.41, 5.74) is 2.27. The second kappa shape index (κ2) is 7.47. The molecular formula is C21H25N3O3. The average Bonchev–Trinajstić information content (AvgIpc) is 3.13. The highest BCUT2D eigenvalue weighted by Crippen LogP contribution is 2.37. The molecule has 2 aliphatic rings. The van der Waals surface area contributed by atoms with Crippen LogP contribution in [0.15, 0.2) is 42.7 Å². The molecule has 1 aromatic heterocycles. The molecule has 6 nitrogen and oxygen atoms in total. The van der Waals surface area contributed by atoms with Crippen molar-refractivity contribution in [2.75, 3.05) is 31.7 Å². The highest BCUT2D eigenvalue weighted by atomic mass is 16.7. The van der Waals surface area contributed by atoms with Crippen molar-refractivity contribution in [3.63, 3.8) is 0 Å². The fourth-order valence-electron chi connectivity index (χ4n) is 3.89. The molecule has 1 aromatic carbocycles. The monoisotopic (exact) mass is 367 g/mol. The summed E-state index contributed by atoms with van der Waals surface area (Å²) in [4.78, 5) is 18.5. The van der Waals surface area contributed by atoms with Crippen LogP contribution in [0.3, 0.4) is 0 Å². The van der Waals surface area contributed by atoms with Crippen molar-refractivity contribution in [1.82, 2.24) is 9.88 Å². The molecule has 27 heavy (non-hydrogen) atoms. The van der Waals surface area contributed by atoms with E-state index in [1.54, 1.807) is 12.4 Å². The first-order chi connectivity index (χ1) is 13.1. The lowest BCUT2D eigenvalue weighted by molar-refractivity contribution is -0.136. The van der Waals surface area contributed by atoms with Crippen LogP contribution in [0.25, 0.3) is 0 Å². The second-order valence-electron chi connectivity index (χ2n) is 7.66. The number of aromatic nitrogens is 1. The fraction of sp³-hybridized carbons (Fsp3) is 0.429. The summed E-state index contributed by atoms with van der Waals surface area (Å²) in [7, 11) is 0. The number of ether oxygens (including phenoxy) is 2. The lowest BCUT2D eigenvalue weighted by Crippen LogP contribution is -2.47. The minimum Gasteiger partial charge on any atom is -0.454 e. The van der Waals surface area contributed by atoms with E-state index in [0.717, 1.165) is 43.1 Å². The predicted molar refractivity (Wildman–Crippen MR) is 103 cm³/mol. The lowest BCUT2D eigenvalue weighted by Gasteiger charge is -2.40. The van der Waals surface area contributed by atoms with Crippen LogP contribution in [-0.2, 0) is 11.2 Å². The third-order valence-corrected chi connectivity index (χ3v) is 5.31. The molecule has 1 N–H and O–H groups in total. The van der Waals surface area contributed by atoms with Gasteiger partial charge in [0.1, 0.15) is 0 Å². The number of pyridine rings is 1. The fourth-order valence-corrected chi connectivity index (χ4v) is 3.89. The number of carbonyl (C=O) groups is 1. The van der Waals surface area contributed by atoms with E-state index < -0.39 is 0 Å². The van der Waals surface area contributed by atoms with Gasteiger partial charge in [0.15, 0.2) is 11.5 Å². The zero-order chi connectivity index (χ0) is 18.7. The van der Waals surface area contributed by atoms with Gasteiger partial charge < -0.3 is 19.7 Å². The van der Waals surface area contributed by atoms with Gasteiger partial charge in [0.05, 0.1) is 5.69 Å². The number of nitrogens with zero attached hydrogens (tertiary/aromatic N) is 2. The van der Waals surface area contributed by atoms with E-state index in [1.165, 1.54) is 5.56 Å². The number of fused-ring (bicyclic) bond motifs is 1. The Labute approximate surface area is 159 Å². The van der Waals surface area contributed by atoms with Crippen molar-refractivity contribution in [3.8, 4) is 11.5 Å². The van der Waals surface area contributed by atoms with Crippen LogP contribution in [0.1, 0.15) is 25.3 Å². The van der Waals surface area contributed by atoms with Crippen molar-refractivity contribution in [3.05, 3.63) is 48.3 Å². The number of nitrogens with one attached hydrogen (secondary N) is 1. The minimum atomic E-state index is 0.0654. The van der Waals surface area contributed by atoms with Crippen LogP contribution in [0.4, 0.5) is 5.69 Å². The number of rotatable bonds is 6. The number of amides is 1. The number of benzene rings is 1. The maximum absolute atomic E-state index is 12.4. The van der Waals surface area contributed by atoms with E-state index in [4.69, 9.17) is 9.47 Å². The van der Waals surface area contributed by atoms with Crippen LogP contribution in [-0.4, -0.2) is 42.2 Å². The Kier molecular flexibility index (Phi) is 4.88. The van der Waals surface area contributed by atoms with Crippen molar-refractivity contribution in [1.29, 1.82) is 0 Å². The lowest BCUT2D eigenvalue weighted by atomic mass is 9.76. The van der Waals surface area contributed by atoms with Crippen LogP contribution in [0, 0.1) is 5.41 Å². The molecule has 0 spiro atoms. The Morgan fingerprint density at radius 1 is 1.26 bits per heavy atom. The van der Waals surface area contributed by atoms with E-state index in [1.807, 2.05) is 23.1 Å². The largest absolute Gasteiger partial charge is 0.454 e. The first-order valence-corrected chi connectivity index (χ1v) is 9.42. The summed E-state index contributed by atoms with van der Waals surface area (Å²) in [6.45, 7) is 4.75. The molecule has 2 aliphatic heterocycles. The molecule has 1 fully saturated rings. The molecule has 0 unspecified atom stereocenters. The number of anilines is 1. The van der Waals surface area contributed by atoms with E-state index in [0.29, 0.717) is 19.8 Å². The number of likely N-dealkylation sites (tertiary alicyclic amines) is 1. The summed E-state index contributed by atoms with van der Waals surface area (Å²) in [6.07, 6.45) is 5.98. The van der Waals surface area contributed by atoms with Gasteiger partial charge >= 0.3 is 0 Å². The molecule has 3 heterocycles. The Hall–Kier alpha value is -2.76. The second-order valence-corrected chi connectivity index (χ2v) is 7.66. The van der Waals surface area contributed by atoms with E-state index >= 15 is 0 Å². The van der Waals surface area contributed by atoms with Gasteiger partial charge in [-0.2, -0.15) is 0 Å². The van der Waals surface area contributed by atoms with E-state index in [9.17, 15) is 4.79 Å². The highest BCUT2D eigenvalue weighted by Gasteiger charge is 2.35. The third-order valence-electron chi connectivity index (χ3n) is 5.31. The van der Waals surface area contributed by atoms with Crippen molar-refractivity contribution in [2.24, 2.45) is 5.41 Å². The van der Waals surface area contributed by atoms with Gasteiger partial charge in [0.25, 0.3) is 0 Å². The van der Waals surface area contributed by atoms with Gasteiger partial charge in [-0.1, -0.05) is 13.0 Å². The maximum atomic E-state index is 12.4. The maximum Gasteiger partial charge on any atom is 0.231 e. The standard InChI is InChI=1S/C21H25N3O3/c1-21(12-16-4-5-18-19(11-16)27-15-26-18)7-6-20(25)24(14-21)10-9-23-17-3-2-8-22-13-17/h2-5,8,11,13,23H,6-7,9-10,12,14-15H2,1H3/t21-/m1/s1. The number of piperidine rings is 1. The Bertz CT molecular complexity index is 812. The van der Waals surface area contributed by atoms with E-state index in [2.05, 4.69) is 29.4 Å². The summed E-state index contributed by atoms with van der Waals surface area (Å²) >= 11 is 0. The number of hydrogen-bond donors (Lipinski definition) is 1. The zero-order valence-corrected chi connectivity index (χ0v) is 15.6. The predicted octanol–water partition coefficient (Wildman–Crippen LogP) is 3.09. The molecule has 1 saturated heterocycles. The van der Waals surface area contributed by atoms with Crippen LogP contribution >= 0.6 is 0 Å². The molecule has 0 aliphatic carbocycles. The summed E-state index contributed by atoms with van der Waals surface area (Å²) in [5, 5.41) is 3.33. The van der Waals surface area contributed by atoms with Crippen LogP contribution < -0.4 is 14.8 Å². The Morgan fingerprint density at radius 2 is 2.15 bits per heavy atom. The molecule has 6 heteroatoms. The molecule has 1 amide bonds. The quantitative estimate of drug-likeness (QED) is 0.850. The van der Waals surface area contributed by atoms with Gasteiger partial charge in [0, 0.05) is 38.4 Å². The normalized spacial score (nSPS) is 21.4. The topological polar surface area (TPSA) is 63.7 Å². The molecule has 0 bridgehead atoms. The van der Waals surface area contributed by atoms with Crippen LogP contribution in [0.5, 0.6) is 11.5 Å². The first kappa shape index (κ1) is 17.6. The van der Waals surface area contributed by atoms with E-state index in [-0.39, 0.29) is 11.3 Å².